The van der Waals surface area contributed by atoms with Gasteiger partial charge >= 0.3 is 0 Å². The Morgan fingerprint density at radius 2 is 1.76 bits per heavy atom. The van der Waals surface area contributed by atoms with E-state index in [2.05, 4.69) is 63.3 Å². The zero-order chi connectivity index (χ0) is 12.7. The van der Waals surface area contributed by atoms with Gasteiger partial charge < -0.3 is 5.32 Å². The van der Waals surface area contributed by atoms with Gasteiger partial charge in [-0.1, -0.05) is 64.4 Å². The number of nitrogens with one attached hydrogen (secondary N) is 1. The van der Waals surface area contributed by atoms with Gasteiger partial charge in [-0.2, -0.15) is 0 Å². The molecule has 0 aliphatic heterocycles. The Labute approximate surface area is 107 Å². The second-order valence-electron chi connectivity index (χ2n) is 5.29. The topological polar surface area (TPSA) is 12.0 Å². The van der Waals surface area contributed by atoms with E-state index in [-0.39, 0.29) is 0 Å². The molecule has 17 heavy (non-hydrogen) atoms. The van der Waals surface area contributed by atoms with Crippen LogP contribution in [0.3, 0.4) is 0 Å². The largest absolute Gasteiger partial charge is 0.314 e. The summed E-state index contributed by atoms with van der Waals surface area (Å²) in [6, 6.07) is 11.5. The van der Waals surface area contributed by atoms with Crippen molar-refractivity contribution in [2.75, 3.05) is 6.54 Å². The lowest BCUT2D eigenvalue weighted by Crippen LogP contribution is -2.40. The van der Waals surface area contributed by atoms with E-state index < -0.39 is 0 Å². The fourth-order valence-corrected chi connectivity index (χ4v) is 2.51. The molecule has 0 radical (unpaired) electrons. The van der Waals surface area contributed by atoms with Gasteiger partial charge in [0, 0.05) is 18.0 Å². The maximum absolute atomic E-state index is 3.62. The van der Waals surface area contributed by atoms with Crippen LogP contribution < -0.4 is 5.32 Å². The molecule has 1 nitrogen and oxygen atoms in total. The Balaban J connectivity index is 2.91. The van der Waals surface area contributed by atoms with Crippen molar-refractivity contribution in [2.45, 2.75) is 58.4 Å². The molecule has 1 rings (SSSR count). The first-order valence-electron chi connectivity index (χ1n) is 6.93. The van der Waals surface area contributed by atoms with Crippen molar-refractivity contribution in [1.82, 2.24) is 5.32 Å². The zero-order valence-corrected chi connectivity index (χ0v) is 11.8. The first-order valence-corrected chi connectivity index (χ1v) is 6.93. The van der Waals surface area contributed by atoms with Crippen molar-refractivity contribution in [2.24, 2.45) is 0 Å². The SMILES string of the molecule is CCCC(CC)(CNC(C)C)c1ccccc1. The fraction of sp³-hybridized carbons (Fsp3) is 0.625. The highest BCUT2D eigenvalue weighted by molar-refractivity contribution is 5.25. The Morgan fingerprint density at radius 3 is 2.24 bits per heavy atom. The fourth-order valence-electron chi connectivity index (χ4n) is 2.51. The first-order chi connectivity index (χ1) is 8.14. The molecule has 96 valence electrons. The Hall–Kier alpha value is -0.820. The summed E-state index contributed by atoms with van der Waals surface area (Å²) in [5, 5.41) is 3.62. The van der Waals surface area contributed by atoms with Crippen LogP contribution in [0.5, 0.6) is 0 Å². The molecular formula is C16H27N. The standard InChI is InChI=1S/C16H27N/c1-5-12-16(6-2,13-17-14(3)4)15-10-8-7-9-11-15/h7-11,14,17H,5-6,12-13H2,1-4H3. The van der Waals surface area contributed by atoms with Gasteiger partial charge in [0.05, 0.1) is 0 Å². The molecule has 0 spiro atoms. The van der Waals surface area contributed by atoms with Crippen LogP contribution in [0.4, 0.5) is 0 Å². The molecule has 0 aliphatic carbocycles. The molecule has 1 aromatic carbocycles. The van der Waals surface area contributed by atoms with E-state index >= 15 is 0 Å². The monoisotopic (exact) mass is 233 g/mol. The number of hydrogen-bond donors (Lipinski definition) is 1. The van der Waals surface area contributed by atoms with E-state index in [1.54, 1.807) is 0 Å². The van der Waals surface area contributed by atoms with E-state index in [0.717, 1.165) is 6.54 Å². The van der Waals surface area contributed by atoms with E-state index in [1.165, 1.54) is 24.8 Å². The molecule has 0 amide bonds. The minimum Gasteiger partial charge on any atom is -0.314 e. The van der Waals surface area contributed by atoms with Gasteiger partial charge in [0.2, 0.25) is 0 Å². The maximum Gasteiger partial charge on any atom is 0.00751 e. The summed E-state index contributed by atoms with van der Waals surface area (Å²) >= 11 is 0. The van der Waals surface area contributed by atoms with Crippen molar-refractivity contribution in [3.8, 4) is 0 Å². The molecule has 0 aliphatic rings. The normalized spacial score (nSPS) is 14.9. The molecule has 1 unspecified atom stereocenters. The quantitative estimate of drug-likeness (QED) is 0.746. The Morgan fingerprint density at radius 1 is 1.12 bits per heavy atom. The lowest BCUT2D eigenvalue weighted by atomic mass is 9.74. The average Bonchev–Trinajstić information content (AvgIpc) is 2.35. The molecule has 0 heterocycles. The van der Waals surface area contributed by atoms with E-state index in [4.69, 9.17) is 0 Å². The number of rotatable bonds is 7. The molecule has 0 fully saturated rings. The number of hydrogen-bond acceptors (Lipinski definition) is 1. The summed E-state index contributed by atoms with van der Waals surface area (Å²) < 4.78 is 0. The summed E-state index contributed by atoms with van der Waals surface area (Å²) in [4.78, 5) is 0. The predicted octanol–water partition coefficient (Wildman–Crippen LogP) is 4.13. The van der Waals surface area contributed by atoms with E-state index in [0.29, 0.717) is 11.5 Å². The Bertz CT molecular complexity index is 305. The molecule has 1 aromatic rings. The lowest BCUT2D eigenvalue weighted by molar-refractivity contribution is 0.339. The van der Waals surface area contributed by atoms with Crippen LogP contribution >= 0.6 is 0 Å². The molecule has 1 heteroatoms. The maximum atomic E-state index is 3.62. The first kappa shape index (κ1) is 14.2. The van der Waals surface area contributed by atoms with Crippen molar-refractivity contribution >= 4 is 0 Å². The molecule has 0 saturated carbocycles. The lowest BCUT2D eigenvalue weighted by Gasteiger charge is -2.34. The third-order valence-corrected chi connectivity index (χ3v) is 3.64. The van der Waals surface area contributed by atoms with Crippen LogP contribution in [0.15, 0.2) is 30.3 Å². The van der Waals surface area contributed by atoms with E-state index in [1.807, 2.05) is 0 Å². The third kappa shape index (κ3) is 3.85. The van der Waals surface area contributed by atoms with Crippen LogP contribution in [0, 0.1) is 0 Å². The second-order valence-corrected chi connectivity index (χ2v) is 5.29. The highest BCUT2D eigenvalue weighted by Crippen LogP contribution is 2.32. The molecular weight excluding hydrogens is 206 g/mol. The summed E-state index contributed by atoms with van der Waals surface area (Å²) in [7, 11) is 0. The average molecular weight is 233 g/mol. The van der Waals surface area contributed by atoms with Crippen LogP contribution in [0.2, 0.25) is 0 Å². The van der Waals surface area contributed by atoms with Crippen LogP contribution in [-0.4, -0.2) is 12.6 Å². The molecule has 0 aromatic heterocycles. The Kier molecular flexibility index (Phi) is 5.70. The van der Waals surface area contributed by atoms with Gasteiger partial charge in [-0.05, 0) is 18.4 Å². The van der Waals surface area contributed by atoms with Crippen molar-refractivity contribution in [3.63, 3.8) is 0 Å². The van der Waals surface area contributed by atoms with Gasteiger partial charge in [0.1, 0.15) is 0 Å². The minimum absolute atomic E-state index is 0.306. The smallest absolute Gasteiger partial charge is 0.00751 e. The van der Waals surface area contributed by atoms with Gasteiger partial charge in [0.25, 0.3) is 0 Å². The van der Waals surface area contributed by atoms with Gasteiger partial charge in [-0.25, -0.2) is 0 Å². The molecule has 1 atom stereocenters. The van der Waals surface area contributed by atoms with Gasteiger partial charge in [-0.15, -0.1) is 0 Å². The van der Waals surface area contributed by atoms with Crippen molar-refractivity contribution < 1.29 is 0 Å². The highest BCUT2D eigenvalue weighted by atomic mass is 14.9. The van der Waals surface area contributed by atoms with Crippen LogP contribution in [0.1, 0.15) is 52.5 Å². The predicted molar refractivity (Wildman–Crippen MR) is 76.5 cm³/mol. The summed E-state index contributed by atoms with van der Waals surface area (Å²) in [5.41, 5.74) is 1.79. The highest BCUT2D eigenvalue weighted by Gasteiger charge is 2.28. The molecule has 1 N–H and O–H groups in total. The summed E-state index contributed by atoms with van der Waals surface area (Å²) in [5.74, 6) is 0. The van der Waals surface area contributed by atoms with E-state index in [9.17, 15) is 0 Å². The number of benzene rings is 1. The van der Waals surface area contributed by atoms with Crippen molar-refractivity contribution in [1.29, 1.82) is 0 Å². The third-order valence-electron chi connectivity index (χ3n) is 3.64. The van der Waals surface area contributed by atoms with Gasteiger partial charge in [-0.3, -0.25) is 0 Å². The second kappa shape index (κ2) is 6.80. The van der Waals surface area contributed by atoms with Crippen LogP contribution in [-0.2, 0) is 5.41 Å². The van der Waals surface area contributed by atoms with Gasteiger partial charge in [0.15, 0.2) is 0 Å². The summed E-state index contributed by atoms with van der Waals surface area (Å²) in [6.45, 7) is 10.1. The van der Waals surface area contributed by atoms with Crippen molar-refractivity contribution in [3.05, 3.63) is 35.9 Å². The molecule has 0 saturated heterocycles. The summed E-state index contributed by atoms with van der Waals surface area (Å²) in [6.07, 6.45) is 3.69. The zero-order valence-electron chi connectivity index (χ0n) is 11.8. The molecule has 0 bridgehead atoms. The minimum atomic E-state index is 0.306. The van der Waals surface area contributed by atoms with Crippen LogP contribution in [0.25, 0.3) is 0 Å².